The summed E-state index contributed by atoms with van der Waals surface area (Å²) in [6.07, 6.45) is 0. The summed E-state index contributed by atoms with van der Waals surface area (Å²) < 4.78 is 40.2. The van der Waals surface area contributed by atoms with E-state index in [0.717, 1.165) is 10.4 Å². The van der Waals surface area contributed by atoms with Gasteiger partial charge in [-0.05, 0) is 44.2 Å². The van der Waals surface area contributed by atoms with Crippen LogP contribution < -0.4 is 9.62 Å². The molecule has 7 heteroatoms. The largest absolute Gasteiger partial charge is 0.352 e. The van der Waals surface area contributed by atoms with Gasteiger partial charge in [0.15, 0.2) is 0 Å². The number of hydrogen-bond donors (Lipinski definition) is 1. The number of anilines is 1. The maximum Gasteiger partial charge on any atom is 0.264 e. The van der Waals surface area contributed by atoms with Crippen molar-refractivity contribution in [2.45, 2.75) is 24.8 Å². The van der Waals surface area contributed by atoms with Gasteiger partial charge in [0.05, 0.1) is 10.6 Å². The standard InChI is InChI=1S/C17H19FN2O3S/c1-13(2)19-17(21)12-20(15-8-6-7-14(18)11-15)24(22,23)16-9-4-3-5-10-16/h3-11,13H,12H2,1-2H3,(H,19,21). The molecule has 2 aromatic rings. The fourth-order valence-corrected chi connectivity index (χ4v) is 3.60. The molecule has 0 radical (unpaired) electrons. The highest BCUT2D eigenvalue weighted by molar-refractivity contribution is 7.92. The first-order valence-corrected chi connectivity index (χ1v) is 8.87. The van der Waals surface area contributed by atoms with Gasteiger partial charge in [-0.2, -0.15) is 0 Å². The van der Waals surface area contributed by atoms with Crippen molar-refractivity contribution in [3.63, 3.8) is 0 Å². The van der Waals surface area contributed by atoms with E-state index in [4.69, 9.17) is 0 Å². The highest BCUT2D eigenvalue weighted by Gasteiger charge is 2.27. The highest BCUT2D eigenvalue weighted by atomic mass is 32.2. The molecule has 2 rings (SSSR count). The van der Waals surface area contributed by atoms with E-state index in [1.807, 2.05) is 0 Å². The van der Waals surface area contributed by atoms with Crippen LogP contribution in [0.4, 0.5) is 10.1 Å². The lowest BCUT2D eigenvalue weighted by atomic mass is 10.3. The monoisotopic (exact) mass is 350 g/mol. The van der Waals surface area contributed by atoms with Crippen LogP contribution >= 0.6 is 0 Å². The van der Waals surface area contributed by atoms with Crippen molar-refractivity contribution in [1.82, 2.24) is 5.32 Å². The first-order valence-electron chi connectivity index (χ1n) is 7.43. The molecular formula is C17H19FN2O3S. The number of rotatable bonds is 6. The van der Waals surface area contributed by atoms with Crippen LogP contribution in [0.25, 0.3) is 0 Å². The third-order valence-corrected chi connectivity index (χ3v) is 4.95. The molecule has 5 nitrogen and oxygen atoms in total. The van der Waals surface area contributed by atoms with Crippen LogP contribution in [0.5, 0.6) is 0 Å². The van der Waals surface area contributed by atoms with E-state index in [1.165, 1.54) is 30.3 Å². The number of nitrogens with zero attached hydrogens (tertiary/aromatic N) is 1. The Balaban J connectivity index is 2.45. The van der Waals surface area contributed by atoms with Gasteiger partial charge >= 0.3 is 0 Å². The van der Waals surface area contributed by atoms with Crippen molar-refractivity contribution in [3.8, 4) is 0 Å². The molecule has 1 N–H and O–H groups in total. The van der Waals surface area contributed by atoms with Crippen LogP contribution in [0.1, 0.15) is 13.8 Å². The molecule has 0 saturated heterocycles. The average Bonchev–Trinajstić information content (AvgIpc) is 2.52. The van der Waals surface area contributed by atoms with Crippen LogP contribution in [-0.4, -0.2) is 26.9 Å². The minimum Gasteiger partial charge on any atom is -0.352 e. The van der Waals surface area contributed by atoms with E-state index >= 15 is 0 Å². The van der Waals surface area contributed by atoms with Gasteiger partial charge in [0.2, 0.25) is 5.91 Å². The van der Waals surface area contributed by atoms with Gasteiger partial charge in [-0.15, -0.1) is 0 Å². The average molecular weight is 350 g/mol. The Morgan fingerprint density at radius 1 is 1.12 bits per heavy atom. The number of hydrogen-bond acceptors (Lipinski definition) is 3. The zero-order chi connectivity index (χ0) is 17.7. The number of sulfonamides is 1. The van der Waals surface area contributed by atoms with Crippen molar-refractivity contribution in [3.05, 3.63) is 60.4 Å². The minimum atomic E-state index is -4.00. The molecule has 128 valence electrons. The van der Waals surface area contributed by atoms with Gasteiger partial charge in [-0.3, -0.25) is 9.10 Å². The molecular weight excluding hydrogens is 331 g/mol. The first-order chi connectivity index (χ1) is 11.3. The number of amides is 1. The van der Waals surface area contributed by atoms with Crippen LogP contribution in [0.3, 0.4) is 0 Å². The van der Waals surface area contributed by atoms with Crippen LogP contribution in [0.2, 0.25) is 0 Å². The number of carbonyl (C=O) groups excluding carboxylic acids is 1. The maximum atomic E-state index is 13.5. The highest BCUT2D eigenvalue weighted by Crippen LogP contribution is 2.24. The van der Waals surface area contributed by atoms with E-state index in [-0.39, 0.29) is 16.6 Å². The summed E-state index contributed by atoms with van der Waals surface area (Å²) >= 11 is 0. The van der Waals surface area contributed by atoms with Gasteiger partial charge in [-0.1, -0.05) is 24.3 Å². The summed E-state index contributed by atoms with van der Waals surface area (Å²) in [5, 5.41) is 2.64. The van der Waals surface area contributed by atoms with Crippen molar-refractivity contribution in [2.24, 2.45) is 0 Å². The SMILES string of the molecule is CC(C)NC(=O)CN(c1cccc(F)c1)S(=O)(=O)c1ccccc1. The smallest absolute Gasteiger partial charge is 0.264 e. The van der Waals surface area contributed by atoms with Crippen molar-refractivity contribution in [2.75, 3.05) is 10.8 Å². The topological polar surface area (TPSA) is 66.5 Å². The third kappa shape index (κ3) is 4.32. The molecule has 0 aromatic heterocycles. The van der Waals surface area contributed by atoms with Crippen molar-refractivity contribution in [1.29, 1.82) is 0 Å². The Morgan fingerprint density at radius 2 is 1.79 bits per heavy atom. The maximum absolute atomic E-state index is 13.5. The van der Waals surface area contributed by atoms with Crippen LogP contribution in [-0.2, 0) is 14.8 Å². The quantitative estimate of drug-likeness (QED) is 0.871. The van der Waals surface area contributed by atoms with Crippen molar-refractivity contribution >= 4 is 21.6 Å². The summed E-state index contributed by atoms with van der Waals surface area (Å²) in [7, 11) is -4.00. The predicted octanol–water partition coefficient (Wildman–Crippen LogP) is 2.55. The van der Waals surface area contributed by atoms with E-state index in [2.05, 4.69) is 5.32 Å². The van der Waals surface area contributed by atoms with Crippen molar-refractivity contribution < 1.29 is 17.6 Å². The van der Waals surface area contributed by atoms with Gasteiger partial charge in [0.1, 0.15) is 12.4 Å². The molecule has 2 aromatic carbocycles. The van der Waals surface area contributed by atoms with E-state index in [0.29, 0.717) is 0 Å². The summed E-state index contributed by atoms with van der Waals surface area (Å²) in [5.74, 6) is -1.04. The zero-order valence-corrected chi connectivity index (χ0v) is 14.3. The van der Waals surface area contributed by atoms with Crippen LogP contribution in [0, 0.1) is 5.82 Å². The molecule has 1 amide bonds. The Kier molecular flexibility index (Phi) is 5.56. The summed E-state index contributed by atoms with van der Waals surface area (Å²) in [4.78, 5) is 12.1. The molecule has 0 aliphatic carbocycles. The zero-order valence-electron chi connectivity index (χ0n) is 13.4. The molecule has 0 atom stereocenters. The first kappa shape index (κ1) is 17.9. The van der Waals surface area contributed by atoms with Gasteiger partial charge in [-0.25, -0.2) is 12.8 Å². The van der Waals surface area contributed by atoms with Crippen LogP contribution in [0.15, 0.2) is 59.5 Å². The van der Waals surface area contributed by atoms with E-state index < -0.39 is 28.3 Å². The molecule has 0 aliphatic heterocycles. The van der Waals surface area contributed by atoms with Gasteiger partial charge in [0, 0.05) is 6.04 Å². The molecule has 24 heavy (non-hydrogen) atoms. The second kappa shape index (κ2) is 7.44. The third-order valence-electron chi connectivity index (χ3n) is 3.16. The Bertz CT molecular complexity index is 808. The Hall–Kier alpha value is -2.41. The summed E-state index contributed by atoms with van der Waals surface area (Å²) in [5.41, 5.74) is 0.0951. The number of nitrogens with one attached hydrogen (secondary N) is 1. The molecule has 0 aliphatic rings. The second-order valence-corrected chi connectivity index (χ2v) is 7.39. The Morgan fingerprint density at radius 3 is 2.38 bits per heavy atom. The fourth-order valence-electron chi connectivity index (χ4n) is 2.16. The number of halogens is 1. The summed E-state index contributed by atoms with van der Waals surface area (Å²) in [6.45, 7) is 3.12. The molecule has 0 heterocycles. The molecule has 0 unspecified atom stereocenters. The lowest BCUT2D eigenvalue weighted by Crippen LogP contribution is -2.42. The molecule has 0 spiro atoms. The van der Waals surface area contributed by atoms with Gasteiger partial charge < -0.3 is 5.32 Å². The fraction of sp³-hybridized carbons (Fsp3) is 0.235. The molecule has 0 bridgehead atoms. The van der Waals surface area contributed by atoms with E-state index in [1.54, 1.807) is 32.0 Å². The second-order valence-electron chi connectivity index (χ2n) is 5.53. The number of benzene rings is 2. The lowest BCUT2D eigenvalue weighted by molar-refractivity contribution is -0.120. The normalized spacial score (nSPS) is 11.3. The Labute approximate surface area is 141 Å². The molecule has 0 fully saturated rings. The predicted molar refractivity (Wildman–Crippen MR) is 90.7 cm³/mol. The van der Waals surface area contributed by atoms with E-state index in [9.17, 15) is 17.6 Å². The minimum absolute atomic E-state index is 0.0339. The molecule has 0 saturated carbocycles. The lowest BCUT2D eigenvalue weighted by Gasteiger charge is -2.24. The summed E-state index contributed by atoms with van der Waals surface area (Å²) in [6, 6.07) is 12.8. The van der Waals surface area contributed by atoms with Gasteiger partial charge in [0.25, 0.3) is 10.0 Å². The number of carbonyl (C=O) groups is 1.